The number of ether oxygens (including phenoxy) is 1. The molecule has 0 heterocycles. The number of carbonyl (C=O) groups is 3. The van der Waals surface area contributed by atoms with E-state index in [-0.39, 0.29) is 37.8 Å². The van der Waals surface area contributed by atoms with Crippen LogP contribution in [0, 0.1) is 0 Å². The Morgan fingerprint density at radius 2 is 1.63 bits per heavy atom. The zero-order valence-corrected chi connectivity index (χ0v) is 17.1. The number of amides is 2. The van der Waals surface area contributed by atoms with Crippen molar-refractivity contribution in [2.24, 2.45) is 0 Å². The number of carboxylic acid groups (broad SMARTS) is 1. The molecule has 0 saturated heterocycles. The molecular weight excluding hydrogens is 384 g/mol. The van der Waals surface area contributed by atoms with Gasteiger partial charge in [-0.15, -0.1) is 0 Å². The molecule has 0 radical (unpaired) electrons. The summed E-state index contributed by atoms with van der Waals surface area (Å²) in [4.78, 5) is 36.4. The normalized spacial score (nSPS) is 13.1. The molecule has 3 rings (SSSR count). The highest BCUT2D eigenvalue weighted by molar-refractivity contribution is 5.80. The first kappa shape index (κ1) is 21.4. The Morgan fingerprint density at radius 1 is 1.07 bits per heavy atom. The van der Waals surface area contributed by atoms with Crippen LogP contribution in [0.5, 0.6) is 0 Å². The predicted molar refractivity (Wildman–Crippen MR) is 112 cm³/mol. The van der Waals surface area contributed by atoms with Gasteiger partial charge in [-0.3, -0.25) is 9.59 Å². The van der Waals surface area contributed by atoms with Crippen molar-refractivity contribution in [2.75, 3.05) is 20.2 Å². The molecule has 1 atom stereocenters. The van der Waals surface area contributed by atoms with Crippen LogP contribution in [0.15, 0.2) is 48.5 Å². The molecule has 7 nitrogen and oxygen atoms in total. The number of hydrogen-bond donors (Lipinski definition) is 2. The highest BCUT2D eigenvalue weighted by Gasteiger charge is 2.29. The average molecular weight is 410 g/mol. The number of hydrogen-bond acceptors (Lipinski definition) is 4. The number of fused-ring (bicyclic) bond motifs is 3. The number of rotatable bonds is 8. The quantitative estimate of drug-likeness (QED) is 0.697. The van der Waals surface area contributed by atoms with E-state index in [1.807, 2.05) is 24.3 Å². The highest BCUT2D eigenvalue weighted by atomic mass is 16.5. The fraction of sp³-hybridized carbons (Fsp3) is 0.348. The standard InChI is InChI=1S/C23H26N2O5/c1-15(13-21(26)25(2)12-11-22(27)28)24-23(29)30-14-20-18-9-5-3-7-16(18)17-8-4-6-10-19(17)20/h3-10,15,20H,11-14H2,1-2H3,(H,24,29)(H,27,28)/t15-/m0/s1. The van der Waals surface area contributed by atoms with Gasteiger partial charge < -0.3 is 20.1 Å². The van der Waals surface area contributed by atoms with Gasteiger partial charge in [0.05, 0.1) is 6.42 Å². The van der Waals surface area contributed by atoms with Crippen molar-refractivity contribution in [3.8, 4) is 11.1 Å². The van der Waals surface area contributed by atoms with E-state index in [0.29, 0.717) is 0 Å². The first-order valence-corrected chi connectivity index (χ1v) is 9.94. The molecule has 0 aliphatic heterocycles. The van der Waals surface area contributed by atoms with Gasteiger partial charge in [-0.25, -0.2) is 4.79 Å². The zero-order chi connectivity index (χ0) is 21.7. The van der Waals surface area contributed by atoms with Crippen LogP contribution in [0.1, 0.15) is 36.8 Å². The fourth-order valence-electron chi connectivity index (χ4n) is 3.70. The topological polar surface area (TPSA) is 95.9 Å². The predicted octanol–water partition coefficient (Wildman–Crippen LogP) is 3.24. The molecule has 1 aliphatic rings. The van der Waals surface area contributed by atoms with E-state index in [9.17, 15) is 14.4 Å². The smallest absolute Gasteiger partial charge is 0.407 e. The van der Waals surface area contributed by atoms with E-state index < -0.39 is 18.1 Å². The van der Waals surface area contributed by atoms with Crippen LogP contribution in [-0.4, -0.2) is 54.2 Å². The average Bonchev–Trinajstić information content (AvgIpc) is 3.04. The Kier molecular flexibility index (Phi) is 6.72. The lowest BCUT2D eigenvalue weighted by atomic mass is 9.98. The summed E-state index contributed by atoms with van der Waals surface area (Å²) in [7, 11) is 1.55. The SMILES string of the molecule is C[C@@H](CC(=O)N(C)CCC(=O)O)NC(=O)OCC1c2ccccc2-c2ccccc21. The van der Waals surface area contributed by atoms with Gasteiger partial charge in [0, 0.05) is 32.0 Å². The van der Waals surface area contributed by atoms with Crippen LogP contribution in [-0.2, 0) is 14.3 Å². The Hall–Kier alpha value is -3.35. The minimum absolute atomic E-state index is 0.0257. The number of carbonyl (C=O) groups excluding carboxylic acids is 2. The lowest BCUT2D eigenvalue weighted by molar-refractivity contribution is -0.138. The van der Waals surface area contributed by atoms with Gasteiger partial charge in [-0.2, -0.15) is 0 Å². The van der Waals surface area contributed by atoms with Crippen molar-refractivity contribution in [1.29, 1.82) is 0 Å². The summed E-state index contributed by atoms with van der Waals surface area (Å²) in [5.41, 5.74) is 4.58. The van der Waals surface area contributed by atoms with Crippen LogP contribution in [0.3, 0.4) is 0 Å². The third-order valence-electron chi connectivity index (χ3n) is 5.28. The summed E-state index contributed by atoms with van der Waals surface area (Å²) in [6, 6.07) is 15.8. The van der Waals surface area contributed by atoms with E-state index in [1.54, 1.807) is 14.0 Å². The Bertz CT molecular complexity index is 897. The number of alkyl carbamates (subject to hydrolysis) is 1. The third kappa shape index (κ3) is 4.97. The first-order chi connectivity index (χ1) is 14.4. The second-order valence-corrected chi connectivity index (χ2v) is 7.53. The van der Waals surface area contributed by atoms with Crippen molar-refractivity contribution in [1.82, 2.24) is 10.2 Å². The number of benzene rings is 2. The molecule has 0 aromatic heterocycles. The monoisotopic (exact) mass is 410 g/mol. The van der Waals surface area contributed by atoms with Crippen molar-refractivity contribution >= 4 is 18.0 Å². The maximum absolute atomic E-state index is 12.3. The zero-order valence-electron chi connectivity index (χ0n) is 17.1. The number of nitrogens with zero attached hydrogens (tertiary/aromatic N) is 1. The van der Waals surface area contributed by atoms with Crippen LogP contribution in [0.25, 0.3) is 11.1 Å². The summed E-state index contributed by atoms with van der Waals surface area (Å²) in [6.45, 7) is 2.05. The summed E-state index contributed by atoms with van der Waals surface area (Å²) in [5.74, 6) is -1.22. The number of nitrogens with one attached hydrogen (secondary N) is 1. The summed E-state index contributed by atoms with van der Waals surface area (Å²) in [6.07, 6.45) is -0.623. The van der Waals surface area contributed by atoms with Crippen LogP contribution < -0.4 is 5.32 Å². The molecule has 2 N–H and O–H groups in total. The number of carboxylic acids is 1. The molecule has 7 heteroatoms. The molecule has 0 fully saturated rings. The fourth-order valence-corrected chi connectivity index (χ4v) is 3.70. The molecule has 30 heavy (non-hydrogen) atoms. The van der Waals surface area contributed by atoms with Crippen LogP contribution in [0.4, 0.5) is 4.79 Å². The van der Waals surface area contributed by atoms with E-state index in [2.05, 4.69) is 29.6 Å². The van der Waals surface area contributed by atoms with Gasteiger partial charge in [0.1, 0.15) is 6.61 Å². The summed E-state index contributed by atoms with van der Waals surface area (Å²) in [5, 5.41) is 11.4. The van der Waals surface area contributed by atoms with Gasteiger partial charge in [0.15, 0.2) is 0 Å². The molecule has 0 spiro atoms. The Morgan fingerprint density at radius 3 is 2.20 bits per heavy atom. The van der Waals surface area contributed by atoms with Gasteiger partial charge in [0.2, 0.25) is 5.91 Å². The van der Waals surface area contributed by atoms with Gasteiger partial charge >= 0.3 is 12.1 Å². The molecule has 2 aromatic carbocycles. The van der Waals surface area contributed by atoms with Crippen molar-refractivity contribution in [2.45, 2.75) is 31.7 Å². The largest absolute Gasteiger partial charge is 0.481 e. The molecule has 0 bridgehead atoms. The molecular formula is C23H26N2O5. The second-order valence-electron chi connectivity index (χ2n) is 7.53. The number of aliphatic carboxylic acids is 1. The van der Waals surface area contributed by atoms with Crippen LogP contribution in [0.2, 0.25) is 0 Å². The van der Waals surface area contributed by atoms with Crippen LogP contribution >= 0.6 is 0 Å². The van der Waals surface area contributed by atoms with E-state index in [4.69, 9.17) is 9.84 Å². The summed E-state index contributed by atoms with van der Waals surface area (Å²) < 4.78 is 5.48. The third-order valence-corrected chi connectivity index (χ3v) is 5.28. The summed E-state index contributed by atoms with van der Waals surface area (Å²) >= 11 is 0. The van der Waals surface area contributed by atoms with Gasteiger partial charge in [0.25, 0.3) is 0 Å². The van der Waals surface area contributed by atoms with Crippen molar-refractivity contribution in [3.05, 3.63) is 59.7 Å². The lowest BCUT2D eigenvalue weighted by Crippen LogP contribution is -2.39. The molecule has 2 amide bonds. The van der Waals surface area contributed by atoms with E-state index in [0.717, 1.165) is 22.3 Å². The van der Waals surface area contributed by atoms with E-state index >= 15 is 0 Å². The molecule has 0 unspecified atom stereocenters. The molecule has 0 saturated carbocycles. The Balaban J connectivity index is 1.52. The first-order valence-electron chi connectivity index (χ1n) is 9.94. The maximum atomic E-state index is 12.3. The molecule has 1 aliphatic carbocycles. The molecule has 2 aromatic rings. The van der Waals surface area contributed by atoms with Crippen molar-refractivity contribution < 1.29 is 24.2 Å². The second kappa shape index (κ2) is 9.43. The maximum Gasteiger partial charge on any atom is 0.407 e. The highest BCUT2D eigenvalue weighted by Crippen LogP contribution is 2.44. The minimum atomic E-state index is -0.959. The lowest BCUT2D eigenvalue weighted by Gasteiger charge is -2.20. The van der Waals surface area contributed by atoms with Gasteiger partial charge in [-0.1, -0.05) is 48.5 Å². The minimum Gasteiger partial charge on any atom is -0.481 e. The Labute approximate surface area is 175 Å². The molecule has 158 valence electrons. The van der Waals surface area contributed by atoms with Gasteiger partial charge in [-0.05, 0) is 29.2 Å². The van der Waals surface area contributed by atoms with Crippen molar-refractivity contribution in [3.63, 3.8) is 0 Å². The van der Waals surface area contributed by atoms with E-state index in [1.165, 1.54) is 4.90 Å².